The molecule has 78 valence electrons. The molecule has 1 heterocycles. The molecule has 0 saturated heterocycles. The van der Waals surface area contributed by atoms with Crippen LogP contribution in [0, 0.1) is 6.92 Å². The molecule has 0 saturated carbocycles. The summed E-state index contributed by atoms with van der Waals surface area (Å²) in [6.45, 7) is 2.17. The lowest BCUT2D eigenvalue weighted by atomic mass is 10.00. The first-order valence-corrected chi connectivity index (χ1v) is 5.97. The molecule has 1 N–H and O–H groups in total. The summed E-state index contributed by atoms with van der Waals surface area (Å²) in [6.07, 6.45) is 0. The van der Waals surface area contributed by atoms with E-state index in [9.17, 15) is 0 Å². The summed E-state index contributed by atoms with van der Waals surface area (Å²) in [5, 5.41) is 5.52. The Morgan fingerprint density at radius 2 is 1.87 bits per heavy atom. The molecule has 1 nitrogen and oxygen atoms in total. The van der Waals surface area contributed by atoms with Crippen LogP contribution in [-0.4, -0.2) is 7.05 Å². The maximum absolute atomic E-state index is 3.37. The van der Waals surface area contributed by atoms with Crippen LogP contribution in [0.4, 0.5) is 0 Å². The SMILES string of the molecule is CNC(c1ccccc1)c1ccsc1C. The first kappa shape index (κ1) is 10.4. The summed E-state index contributed by atoms with van der Waals surface area (Å²) in [6, 6.07) is 13.1. The summed E-state index contributed by atoms with van der Waals surface area (Å²) in [5.41, 5.74) is 2.70. The highest BCUT2D eigenvalue weighted by atomic mass is 32.1. The van der Waals surface area contributed by atoms with E-state index in [1.165, 1.54) is 16.0 Å². The van der Waals surface area contributed by atoms with Gasteiger partial charge in [0.1, 0.15) is 0 Å². The van der Waals surface area contributed by atoms with Crippen LogP contribution in [0.1, 0.15) is 22.0 Å². The van der Waals surface area contributed by atoms with Gasteiger partial charge in [0.25, 0.3) is 0 Å². The topological polar surface area (TPSA) is 12.0 Å². The molecule has 0 bridgehead atoms. The van der Waals surface area contributed by atoms with Crippen molar-refractivity contribution in [2.45, 2.75) is 13.0 Å². The van der Waals surface area contributed by atoms with Gasteiger partial charge in [0.15, 0.2) is 0 Å². The Labute approximate surface area is 94.8 Å². The van der Waals surface area contributed by atoms with E-state index in [-0.39, 0.29) is 0 Å². The molecule has 0 radical (unpaired) electrons. The monoisotopic (exact) mass is 217 g/mol. The van der Waals surface area contributed by atoms with Crippen molar-refractivity contribution in [3.63, 3.8) is 0 Å². The van der Waals surface area contributed by atoms with Gasteiger partial charge in [-0.1, -0.05) is 30.3 Å². The molecule has 0 spiro atoms. The number of thiophene rings is 1. The number of nitrogens with one attached hydrogen (secondary N) is 1. The molecule has 0 fully saturated rings. The maximum atomic E-state index is 3.37. The highest BCUT2D eigenvalue weighted by molar-refractivity contribution is 7.10. The predicted octanol–water partition coefficient (Wildman–Crippen LogP) is 3.37. The first-order chi connectivity index (χ1) is 7.33. The van der Waals surface area contributed by atoms with Crippen LogP contribution in [0.5, 0.6) is 0 Å². The van der Waals surface area contributed by atoms with Crippen LogP contribution in [0.15, 0.2) is 41.8 Å². The lowest BCUT2D eigenvalue weighted by Crippen LogP contribution is -2.17. The average Bonchev–Trinajstić information content (AvgIpc) is 2.68. The van der Waals surface area contributed by atoms with Gasteiger partial charge < -0.3 is 5.32 Å². The Bertz CT molecular complexity index is 419. The smallest absolute Gasteiger partial charge is 0.0585 e. The molecular formula is C13H15NS. The summed E-state index contributed by atoms with van der Waals surface area (Å²) in [5.74, 6) is 0. The Balaban J connectivity index is 2.37. The molecule has 0 aliphatic heterocycles. The highest BCUT2D eigenvalue weighted by Gasteiger charge is 2.13. The summed E-state index contributed by atoms with van der Waals surface area (Å²) < 4.78 is 0. The second-order valence-electron chi connectivity index (χ2n) is 3.56. The minimum Gasteiger partial charge on any atom is -0.309 e. The van der Waals surface area contributed by atoms with Gasteiger partial charge in [-0.2, -0.15) is 0 Å². The summed E-state index contributed by atoms with van der Waals surface area (Å²) >= 11 is 1.80. The van der Waals surface area contributed by atoms with Gasteiger partial charge in [0.05, 0.1) is 6.04 Å². The van der Waals surface area contributed by atoms with Gasteiger partial charge >= 0.3 is 0 Å². The van der Waals surface area contributed by atoms with Crippen molar-refractivity contribution in [3.05, 3.63) is 57.8 Å². The van der Waals surface area contributed by atoms with Crippen LogP contribution >= 0.6 is 11.3 Å². The van der Waals surface area contributed by atoms with Crippen molar-refractivity contribution in [1.82, 2.24) is 5.32 Å². The van der Waals surface area contributed by atoms with E-state index in [1.54, 1.807) is 11.3 Å². The van der Waals surface area contributed by atoms with E-state index < -0.39 is 0 Å². The van der Waals surface area contributed by atoms with Crippen molar-refractivity contribution >= 4 is 11.3 Å². The largest absolute Gasteiger partial charge is 0.309 e. The third kappa shape index (κ3) is 2.11. The molecular weight excluding hydrogens is 202 g/mol. The van der Waals surface area contributed by atoms with E-state index in [0.29, 0.717) is 6.04 Å². The minimum atomic E-state index is 0.317. The van der Waals surface area contributed by atoms with E-state index in [2.05, 4.69) is 54.0 Å². The fourth-order valence-electron chi connectivity index (χ4n) is 1.84. The van der Waals surface area contributed by atoms with Crippen molar-refractivity contribution in [1.29, 1.82) is 0 Å². The fraction of sp³-hybridized carbons (Fsp3) is 0.231. The Hall–Kier alpha value is -1.12. The highest BCUT2D eigenvalue weighted by Crippen LogP contribution is 2.27. The molecule has 0 aliphatic carbocycles. The Kier molecular flexibility index (Phi) is 3.19. The van der Waals surface area contributed by atoms with Crippen molar-refractivity contribution < 1.29 is 0 Å². The molecule has 2 aromatic rings. The number of hydrogen-bond donors (Lipinski definition) is 1. The van der Waals surface area contributed by atoms with E-state index in [4.69, 9.17) is 0 Å². The third-order valence-corrected chi connectivity index (χ3v) is 3.49. The zero-order valence-corrected chi connectivity index (χ0v) is 9.84. The predicted molar refractivity (Wildman–Crippen MR) is 66.4 cm³/mol. The molecule has 15 heavy (non-hydrogen) atoms. The van der Waals surface area contributed by atoms with E-state index in [0.717, 1.165) is 0 Å². The molecule has 2 heteroatoms. The molecule has 2 rings (SSSR count). The fourth-order valence-corrected chi connectivity index (χ4v) is 2.58. The molecule has 1 aromatic carbocycles. The minimum absolute atomic E-state index is 0.317. The quantitative estimate of drug-likeness (QED) is 0.831. The van der Waals surface area contributed by atoms with Crippen LogP contribution in [0.25, 0.3) is 0 Å². The lowest BCUT2D eigenvalue weighted by molar-refractivity contribution is 0.691. The van der Waals surface area contributed by atoms with Gasteiger partial charge in [-0.15, -0.1) is 11.3 Å². The molecule has 0 amide bonds. The van der Waals surface area contributed by atoms with Crippen molar-refractivity contribution in [3.8, 4) is 0 Å². The van der Waals surface area contributed by atoms with Gasteiger partial charge in [-0.05, 0) is 36.5 Å². The number of aryl methyl sites for hydroxylation is 1. The second kappa shape index (κ2) is 4.60. The Morgan fingerprint density at radius 3 is 2.40 bits per heavy atom. The second-order valence-corrected chi connectivity index (χ2v) is 4.68. The van der Waals surface area contributed by atoms with Crippen molar-refractivity contribution in [2.24, 2.45) is 0 Å². The van der Waals surface area contributed by atoms with Crippen LogP contribution in [0.3, 0.4) is 0 Å². The number of rotatable bonds is 3. The van der Waals surface area contributed by atoms with E-state index in [1.807, 2.05) is 7.05 Å². The van der Waals surface area contributed by atoms with Crippen molar-refractivity contribution in [2.75, 3.05) is 7.05 Å². The van der Waals surface area contributed by atoms with Gasteiger partial charge in [0, 0.05) is 4.88 Å². The zero-order chi connectivity index (χ0) is 10.7. The van der Waals surface area contributed by atoms with Crippen LogP contribution in [-0.2, 0) is 0 Å². The number of benzene rings is 1. The van der Waals surface area contributed by atoms with Crippen LogP contribution in [0.2, 0.25) is 0 Å². The summed E-state index contributed by atoms with van der Waals surface area (Å²) in [7, 11) is 2.01. The molecule has 1 aromatic heterocycles. The molecule has 1 unspecified atom stereocenters. The normalized spacial score (nSPS) is 12.7. The lowest BCUT2D eigenvalue weighted by Gasteiger charge is -2.16. The zero-order valence-electron chi connectivity index (χ0n) is 9.03. The summed E-state index contributed by atoms with van der Waals surface area (Å²) in [4.78, 5) is 1.39. The van der Waals surface area contributed by atoms with Gasteiger partial charge in [-0.3, -0.25) is 0 Å². The average molecular weight is 217 g/mol. The maximum Gasteiger partial charge on any atom is 0.0585 e. The standard InChI is InChI=1S/C13H15NS/c1-10-12(8-9-15-10)13(14-2)11-6-4-3-5-7-11/h3-9,13-14H,1-2H3. The van der Waals surface area contributed by atoms with Gasteiger partial charge in [0.2, 0.25) is 0 Å². The third-order valence-electron chi connectivity index (χ3n) is 2.63. The molecule has 0 aliphatic rings. The van der Waals surface area contributed by atoms with Gasteiger partial charge in [-0.25, -0.2) is 0 Å². The first-order valence-electron chi connectivity index (χ1n) is 5.09. The number of hydrogen-bond acceptors (Lipinski definition) is 2. The van der Waals surface area contributed by atoms with Crippen LogP contribution < -0.4 is 5.32 Å². The molecule has 1 atom stereocenters. The Morgan fingerprint density at radius 1 is 1.13 bits per heavy atom. The van der Waals surface area contributed by atoms with E-state index >= 15 is 0 Å².